The predicted molar refractivity (Wildman–Crippen MR) is 43.3 cm³/mol. The quantitative estimate of drug-likeness (QED) is 0.370. The Morgan fingerprint density at radius 1 is 1.30 bits per heavy atom. The molecule has 0 bridgehead atoms. The molecule has 4 nitrogen and oxygen atoms in total. The third kappa shape index (κ3) is 2.85. The summed E-state index contributed by atoms with van der Waals surface area (Å²) in [5.41, 5.74) is 0. The summed E-state index contributed by atoms with van der Waals surface area (Å²) in [7, 11) is -0.611. The first-order valence-corrected chi connectivity index (χ1v) is 5.90. The first kappa shape index (κ1) is 9.46. The van der Waals surface area contributed by atoms with Gasteiger partial charge in [-0.25, -0.2) is 9.59 Å². The van der Waals surface area contributed by atoms with Gasteiger partial charge in [-0.3, -0.25) is 0 Å². The van der Waals surface area contributed by atoms with E-state index >= 15 is 0 Å². The van der Waals surface area contributed by atoms with Crippen LogP contribution in [0.5, 0.6) is 0 Å². The fourth-order valence-electron chi connectivity index (χ4n) is 0.233. The molecule has 56 valence electrons. The van der Waals surface area contributed by atoms with Crippen LogP contribution in [-0.2, 0) is 9.59 Å². The molecule has 0 spiro atoms. The van der Waals surface area contributed by atoms with Crippen LogP contribution in [0.4, 0.5) is 0 Å². The highest BCUT2D eigenvalue weighted by molar-refractivity contribution is 8.92. The number of isocyanates is 2. The largest absolute Gasteiger partial charge is 0.248 e. The number of carbonyl (C=O) groups excluding carboxylic acids is 2. The van der Waals surface area contributed by atoms with Gasteiger partial charge in [0.1, 0.15) is 0 Å². The summed E-state index contributed by atoms with van der Waals surface area (Å²) in [5, 5.41) is 0. The van der Waals surface area contributed by atoms with Crippen molar-refractivity contribution in [1.29, 1.82) is 0 Å². The molecule has 0 aromatic rings. The lowest BCUT2D eigenvalue weighted by atomic mass is 11.7. The molecule has 0 saturated carbocycles. The van der Waals surface area contributed by atoms with Crippen LogP contribution < -0.4 is 0 Å². The Morgan fingerprint density at radius 3 is 1.90 bits per heavy atom. The number of hydrogen-bond acceptors (Lipinski definition) is 5. The fraction of sp³-hybridized carbons (Fsp3) is 0.500. The van der Waals surface area contributed by atoms with Gasteiger partial charge in [0.05, 0.1) is 0 Å². The smallest absolute Gasteiger partial charge is 0.210 e. The maximum atomic E-state index is 9.78. The summed E-state index contributed by atoms with van der Waals surface area (Å²) in [4.78, 5) is 19.6. The maximum absolute atomic E-state index is 9.78. The van der Waals surface area contributed by atoms with E-state index < -0.39 is 9.43 Å². The van der Waals surface area contributed by atoms with E-state index in [-0.39, 0.29) is 0 Å². The van der Waals surface area contributed by atoms with Crippen molar-refractivity contribution in [3.8, 4) is 0 Å². The predicted octanol–water partition coefficient (Wildman–Crippen LogP) is 1.20. The van der Waals surface area contributed by atoms with Crippen molar-refractivity contribution in [2.24, 2.45) is 8.80 Å². The van der Waals surface area contributed by atoms with Gasteiger partial charge in [0, 0.05) is 15.7 Å². The van der Waals surface area contributed by atoms with Gasteiger partial charge in [-0.2, -0.15) is 0 Å². The van der Waals surface area contributed by atoms with Crippen molar-refractivity contribution in [3.63, 3.8) is 0 Å². The SMILES string of the molecule is CSS(C)(N=C=O)N=C=O. The molecule has 0 unspecified atom stereocenters. The molecule has 0 heterocycles. The highest BCUT2D eigenvalue weighted by Gasteiger charge is 2.12. The van der Waals surface area contributed by atoms with Gasteiger partial charge in [-0.15, -0.1) is 8.80 Å². The van der Waals surface area contributed by atoms with E-state index in [9.17, 15) is 9.59 Å². The molecule has 0 fully saturated rings. The van der Waals surface area contributed by atoms with Crippen molar-refractivity contribution < 1.29 is 9.59 Å². The molecule has 0 rings (SSSR count). The maximum Gasteiger partial charge on any atom is 0.248 e. The average molecular weight is 178 g/mol. The minimum atomic E-state index is -1.86. The van der Waals surface area contributed by atoms with Crippen LogP contribution in [-0.4, -0.2) is 24.7 Å². The van der Waals surface area contributed by atoms with Crippen LogP contribution in [0.1, 0.15) is 0 Å². The second kappa shape index (κ2) is 4.30. The van der Waals surface area contributed by atoms with Gasteiger partial charge in [0.15, 0.2) is 0 Å². The third-order valence-corrected chi connectivity index (χ3v) is 4.53. The zero-order valence-electron chi connectivity index (χ0n) is 5.53. The molecule has 0 aromatic heterocycles. The van der Waals surface area contributed by atoms with E-state index in [0.29, 0.717) is 0 Å². The molecule has 0 N–H and O–H groups in total. The minimum Gasteiger partial charge on any atom is -0.210 e. The van der Waals surface area contributed by atoms with E-state index in [1.807, 2.05) is 0 Å². The standard InChI is InChI=1S/C4H6N2O2S2/c1-9-10(2,5-3-7)6-4-8/h1-2H3. The molecule has 0 atom stereocenters. The van der Waals surface area contributed by atoms with E-state index in [1.54, 1.807) is 12.5 Å². The number of hydrogen-bond donors (Lipinski definition) is 0. The Morgan fingerprint density at radius 2 is 1.70 bits per heavy atom. The number of rotatable bonds is 3. The molecule has 10 heavy (non-hydrogen) atoms. The van der Waals surface area contributed by atoms with Crippen molar-refractivity contribution in [3.05, 3.63) is 0 Å². The molecule has 0 aliphatic heterocycles. The highest BCUT2D eigenvalue weighted by atomic mass is 33.2. The molecule has 0 radical (unpaired) electrons. The van der Waals surface area contributed by atoms with Gasteiger partial charge < -0.3 is 0 Å². The zero-order valence-corrected chi connectivity index (χ0v) is 7.16. The normalized spacial score (nSPS) is 17.4. The first-order valence-electron chi connectivity index (χ1n) is 2.20. The van der Waals surface area contributed by atoms with E-state index in [0.717, 1.165) is 0 Å². The number of nitrogens with zero attached hydrogens (tertiary/aromatic N) is 2. The lowest BCUT2D eigenvalue weighted by molar-refractivity contribution is 0.566. The van der Waals surface area contributed by atoms with Gasteiger partial charge in [0.2, 0.25) is 12.2 Å². The Bertz CT molecular complexity index is 187. The summed E-state index contributed by atoms with van der Waals surface area (Å²) >= 11 is 0. The molecule has 0 aliphatic carbocycles. The molecule has 0 aliphatic rings. The summed E-state index contributed by atoms with van der Waals surface area (Å²) in [6.45, 7) is 0. The molecule has 0 saturated heterocycles. The van der Waals surface area contributed by atoms with Crippen LogP contribution in [0, 0.1) is 0 Å². The second-order valence-electron chi connectivity index (χ2n) is 1.29. The summed E-state index contributed by atoms with van der Waals surface area (Å²) in [6.07, 6.45) is 6.05. The van der Waals surface area contributed by atoms with Crippen molar-refractivity contribution in [1.82, 2.24) is 0 Å². The summed E-state index contributed by atoms with van der Waals surface area (Å²) in [6, 6.07) is 0. The van der Waals surface area contributed by atoms with Crippen LogP contribution in [0.2, 0.25) is 0 Å². The van der Waals surface area contributed by atoms with Gasteiger partial charge >= 0.3 is 0 Å². The summed E-state index contributed by atoms with van der Waals surface area (Å²) in [5.74, 6) is 0. The lowest BCUT2D eigenvalue weighted by Crippen LogP contribution is -1.80. The Labute approximate surface area is 63.8 Å². The molecule has 0 amide bonds. The Hall–Kier alpha value is -0.540. The zero-order chi connectivity index (χ0) is 8.04. The minimum absolute atomic E-state index is 1.25. The van der Waals surface area contributed by atoms with Crippen LogP contribution in [0.25, 0.3) is 0 Å². The molecule has 6 heteroatoms. The van der Waals surface area contributed by atoms with E-state index in [1.165, 1.54) is 23.0 Å². The molecular formula is C4H6N2O2S2. The average Bonchev–Trinajstić information content (AvgIpc) is 1.89. The van der Waals surface area contributed by atoms with Crippen molar-refractivity contribution in [2.45, 2.75) is 0 Å². The Kier molecular flexibility index (Phi) is 4.07. The van der Waals surface area contributed by atoms with E-state index in [2.05, 4.69) is 8.80 Å². The first-order chi connectivity index (χ1) is 4.68. The van der Waals surface area contributed by atoms with Crippen LogP contribution >= 0.6 is 20.2 Å². The monoisotopic (exact) mass is 178 g/mol. The Balaban J connectivity index is 4.52. The van der Waals surface area contributed by atoms with E-state index in [4.69, 9.17) is 0 Å². The second-order valence-corrected chi connectivity index (χ2v) is 6.41. The van der Waals surface area contributed by atoms with Crippen LogP contribution in [0.3, 0.4) is 0 Å². The lowest BCUT2D eigenvalue weighted by Gasteiger charge is -2.16. The van der Waals surface area contributed by atoms with Crippen LogP contribution in [0.15, 0.2) is 8.80 Å². The van der Waals surface area contributed by atoms with Gasteiger partial charge in [-0.05, 0) is 6.26 Å². The highest BCUT2D eigenvalue weighted by Crippen LogP contribution is 2.57. The third-order valence-electron chi connectivity index (χ3n) is 0.729. The fourth-order valence-corrected chi connectivity index (χ4v) is 1.33. The van der Waals surface area contributed by atoms with Crippen molar-refractivity contribution in [2.75, 3.05) is 12.5 Å². The molecule has 0 aromatic carbocycles. The summed E-state index contributed by atoms with van der Waals surface area (Å²) < 4.78 is 6.75. The molecular weight excluding hydrogens is 172 g/mol. The van der Waals surface area contributed by atoms with Crippen molar-refractivity contribution >= 4 is 32.4 Å². The van der Waals surface area contributed by atoms with Gasteiger partial charge in [-0.1, -0.05) is 10.8 Å². The topological polar surface area (TPSA) is 58.9 Å². The van der Waals surface area contributed by atoms with Gasteiger partial charge in [0.25, 0.3) is 0 Å².